The van der Waals surface area contributed by atoms with E-state index in [1.165, 1.54) is 0 Å². The molecule has 5 radical (unpaired) electrons. The van der Waals surface area contributed by atoms with E-state index in [4.69, 9.17) is 4.98 Å². The van der Waals surface area contributed by atoms with Gasteiger partial charge in [-0.2, -0.15) is 313 Å². The molecule has 34 heteroatoms. The van der Waals surface area contributed by atoms with Crippen molar-refractivity contribution in [2.75, 3.05) is 125 Å². The molecule has 0 amide bonds. The van der Waals surface area contributed by atoms with E-state index in [9.17, 15) is 0 Å². The molecule has 0 N–H and O–H groups in total. The molecule has 15 heterocycles. The Morgan fingerprint density at radius 1 is 0.228 bits per heavy atom. The zero-order valence-electron chi connectivity index (χ0n) is 80.1. The van der Waals surface area contributed by atoms with Crippen LogP contribution in [0.4, 0.5) is 115 Å². The van der Waals surface area contributed by atoms with Crippen LogP contribution in [0.15, 0.2) is 373 Å². The Bertz CT molecular complexity index is 6190. The van der Waals surface area contributed by atoms with Gasteiger partial charge in [0.15, 0.2) is 0 Å². The maximum Gasteiger partial charge on any atom is 0.145 e. The molecule has 10 aromatic carbocycles. The summed E-state index contributed by atoms with van der Waals surface area (Å²) in [6.07, 6.45) is 35.0. The molecule has 0 unspecified atom stereocenters. The second-order valence-corrected chi connectivity index (χ2v) is 31.7. The van der Waals surface area contributed by atoms with Crippen molar-refractivity contribution >= 4 is 115 Å². The van der Waals surface area contributed by atoms with Crippen LogP contribution in [-0.2, 0) is 101 Å². The van der Waals surface area contributed by atoms with Gasteiger partial charge in [-0.1, -0.05) is 18.2 Å². The van der Waals surface area contributed by atoms with E-state index >= 15 is 0 Å². The van der Waals surface area contributed by atoms with E-state index in [-0.39, 0.29) is 101 Å². The third-order valence-corrected chi connectivity index (χ3v) is 21.6. The van der Waals surface area contributed by atoms with Crippen LogP contribution in [0, 0.1) is 122 Å². The van der Waals surface area contributed by atoms with Crippen molar-refractivity contribution in [1.82, 2.24) is 74.4 Å². The molecule has 9 aliphatic rings. The Balaban J connectivity index is 0.000000146. The van der Waals surface area contributed by atoms with Crippen LogP contribution in [-0.4, -0.2) is 131 Å². The predicted octanol–water partition coefficient (Wildman–Crippen LogP) is 20.3. The quantitative estimate of drug-likeness (QED) is 0.111. The molecule has 0 atom stereocenters. The van der Waals surface area contributed by atoms with E-state index in [0.29, 0.717) is 0 Å². The van der Waals surface area contributed by atoms with Crippen LogP contribution in [0.1, 0.15) is 5.56 Å². The molecule has 25 rings (SSSR count). The van der Waals surface area contributed by atoms with Gasteiger partial charge in [-0.25, -0.2) is 49.8 Å². The summed E-state index contributed by atoms with van der Waals surface area (Å²) in [6.45, 7) is 19.9. The van der Waals surface area contributed by atoms with Crippen LogP contribution in [0.2, 0.25) is 0 Å². The average molecular weight is 2800 g/mol. The molecule has 0 fully saturated rings. The number of hydrogen-bond acceptors (Lipinski definition) is 29. The van der Waals surface area contributed by atoms with Gasteiger partial charge < -0.3 is 88.2 Å². The van der Waals surface area contributed by atoms with Crippen molar-refractivity contribution in [3.05, 3.63) is 493 Å². The van der Waals surface area contributed by atoms with Crippen molar-refractivity contribution < 1.29 is 101 Å². The minimum atomic E-state index is 0. The maximum absolute atomic E-state index is 4.79. The number of fused-ring (bicyclic) bond motifs is 5. The molecule has 6 aromatic heterocycles. The molecule has 0 aliphatic carbocycles. The van der Waals surface area contributed by atoms with Crippen LogP contribution in [0.25, 0.3) is 11.3 Å². The van der Waals surface area contributed by atoms with Crippen molar-refractivity contribution in [1.29, 1.82) is 0 Å². The number of benzene rings is 10. The number of para-hydroxylation sites is 10. The Hall–Kier alpha value is -14.6. The Kier molecular flexibility index (Phi) is 40.8. The van der Waals surface area contributed by atoms with Crippen LogP contribution < -0.4 is 68.6 Å². The van der Waals surface area contributed by atoms with E-state index in [1.807, 2.05) is 541 Å². The molecule has 16 aromatic rings. The van der Waals surface area contributed by atoms with Gasteiger partial charge >= 0.3 is 0 Å². The van der Waals surface area contributed by atoms with Crippen LogP contribution >= 0.6 is 0 Å². The van der Waals surface area contributed by atoms with E-state index < -0.39 is 0 Å². The summed E-state index contributed by atoms with van der Waals surface area (Å²) in [5, 5.41) is 0. The van der Waals surface area contributed by atoms with Gasteiger partial charge in [0.1, 0.15) is 59.2 Å². The van der Waals surface area contributed by atoms with E-state index in [0.717, 1.165) is 132 Å². The molecular formula is C111H97Ir5N29-18. The van der Waals surface area contributed by atoms with Crippen molar-refractivity contribution in [2.24, 2.45) is 0 Å². The molecule has 145 heavy (non-hydrogen) atoms. The number of pyridine rings is 1. The average Bonchev–Trinajstić information content (AvgIpc) is 1.64. The number of hydrogen-bond donors (Lipinski definition) is 0. The van der Waals surface area contributed by atoms with Crippen molar-refractivity contribution in [2.45, 2.75) is 6.92 Å². The fourth-order valence-electron chi connectivity index (χ4n) is 14.8. The summed E-state index contributed by atoms with van der Waals surface area (Å²) in [6, 6.07) is 111. The summed E-state index contributed by atoms with van der Waals surface area (Å²) in [5.41, 5.74) is 15.1. The number of aromatic nitrogens is 11. The normalized spacial score (nSPS) is 13.9. The standard InChI is InChI=1S/C18H15N5.C17H12N4.3C12H10N4.4C10H10N2.5Ir/c1-13-10-19-9-8-15(13)16-11-20-17-18(21-16)22(2)12-23(17)14-6-4-3-5-7-14;1-3-7-14(8-4-1)20-13-21(15-9-5-2-6-10-15)17-16(20)18-11-12-19-17;1-15-9-16(10-5-3-2-4-6-10)11-7-13-8-14-12(11)15;1-15-9-16(10-5-3-2-4-6-10)12-11(15)7-13-8-14-12;1-15-9-16(10-5-3-2-4-6-10)12-11(15)13-7-8-14-12;4*1-11-7-8-12(9-11)10-5-3-2-4-6-10;;;;;/h3-6,8-12H,1-2H3;1-9,11-13H;3*2-5,7-9H,1H3;4*2-5,7-9H,1H3;;;;;/q9*-2;;;;;. The van der Waals surface area contributed by atoms with Gasteiger partial charge in [-0.05, 0) is 137 Å². The molecule has 0 saturated heterocycles. The third kappa shape index (κ3) is 28.1. The maximum atomic E-state index is 4.79. The first-order chi connectivity index (χ1) is 68.7. The number of aryl methyl sites for hydroxylation is 1. The first-order valence-corrected chi connectivity index (χ1v) is 44.5. The smallest absolute Gasteiger partial charge is 0.145 e. The zero-order valence-corrected chi connectivity index (χ0v) is 92.0. The van der Waals surface area contributed by atoms with Crippen LogP contribution in [0.5, 0.6) is 0 Å². The predicted molar refractivity (Wildman–Crippen MR) is 555 cm³/mol. The Labute approximate surface area is 917 Å². The second-order valence-electron chi connectivity index (χ2n) is 31.7. The monoisotopic (exact) mass is 2800 g/mol. The molecule has 0 bridgehead atoms. The topological polar surface area (TPSA) is 200 Å². The first-order valence-electron chi connectivity index (χ1n) is 44.5. The Morgan fingerprint density at radius 2 is 0.538 bits per heavy atom. The van der Waals surface area contributed by atoms with Gasteiger partial charge in [0.05, 0.1) is 35.7 Å². The van der Waals surface area contributed by atoms with E-state index in [1.54, 1.807) is 43.6 Å². The van der Waals surface area contributed by atoms with Gasteiger partial charge in [0.2, 0.25) is 0 Å². The molecular weight excluding hydrogens is 2700 g/mol. The molecule has 0 spiro atoms. The minimum Gasteiger partial charge on any atom is -0.510 e. The fourth-order valence-corrected chi connectivity index (χ4v) is 14.8. The van der Waals surface area contributed by atoms with Gasteiger partial charge in [-0.15, -0.1) is 71.2 Å². The largest absolute Gasteiger partial charge is 0.510 e. The summed E-state index contributed by atoms with van der Waals surface area (Å²) >= 11 is 0. The fraction of sp³-hybridized carbons (Fsp3) is 0.0811. The summed E-state index contributed by atoms with van der Waals surface area (Å²) in [5.74, 6) is 6.77. The summed E-state index contributed by atoms with van der Waals surface area (Å²) < 4.78 is 0. The third-order valence-electron chi connectivity index (χ3n) is 21.6. The second kappa shape index (κ2) is 54.2. The minimum absolute atomic E-state index is 0. The zero-order chi connectivity index (χ0) is 96.3. The number of rotatable bonds is 11. The first kappa shape index (κ1) is 109. The van der Waals surface area contributed by atoms with E-state index in [2.05, 4.69) is 104 Å². The summed E-state index contributed by atoms with van der Waals surface area (Å²) in [4.78, 5) is 83.7. The molecule has 29 nitrogen and oxygen atoms in total. The van der Waals surface area contributed by atoms with Crippen molar-refractivity contribution in [3.63, 3.8) is 0 Å². The van der Waals surface area contributed by atoms with Crippen LogP contribution in [0.3, 0.4) is 0 Å². The molecule has 0 saturated carbocycles. The SMILES string of the molecule is CN1C=CN(c2[c-]cccc2)[CH-]1.CN1C=CN(c2[c-]cccc2)[CH-]1.CN1C=CN(c2[c-]cccc2)[CH-]1.CN1C=CN(c2[c-]cccc2)[CH-]1.CN1[CH-]N(c2[c-]cccc2)c2cncnc21.CN1[CH-]N(c2[c-]cccc2)c2nccnc21.CN1[CH-]N(c2[c-]cccc2)c2ncncc21.Cc1cnccc1-c1cnc2c(n1)N(C)[CH-]N2c1[c-]cccc1.[Ir].[Ir].[Ir].[Ir].[Ir].[c-]1ccccc1N1[CH-]N(c2ccccc2)c2nccnc21. The van der Waals surface area contributed by atoms with Gasteiger partial charge in [-0.3, -0.25) is 4.98 Å². The number of anilines is 20. The van der Waals surface area contributed by atoms with Gasteiger partial charge in [0.25, 0.3) is 0 Å². The van der Waals surface area contributed by atoms with Crippen molar-refractivity contribution in [3.8, 4) is 11.3 Å². The number of nitrogens with zero attached hydrogens (tertiary/aromatic N) is 29. The molecule has 749 valence electrons. The summed E-state index contributed by atoms with van der Waals surface area (Å²) in [7, 11) is 15.9. The molecule has 9 aliphatic heterocycles. The Morgan fingerprint density at radius 3 is 0.917 bits per heavy atom. The van der Waals surface area contributed by atoms with Gasteiger partial charge in [0, 0.05) is 149 Å².